The Balaban J connectivity index is 1.04. The van der Waals surface area contributed by atoms with E-state index in [0.717, 1.165) is 21.9 Å². The zero-order valence-corrected chi connectivity index (χ0v) is 34.2. The molecular formula is C58H34OSe. The fourth-order valence-corrected chi connectivity index (χ4v) is 12.6. The third-order valence-electron chi connectivity index (χ3n) is 12.6. The first-order chi connectivity index (χ1) is 29.8. The van der Waals surface area contributed by atoms with Gasteiger partial charge in [-0.15, -0.1) is 0 Å². The number of furan rings is 1. The van der Waals surface area contributed by atoms with Crippen LogP contribution in [0.1, 0.15) is 0 Å². The minimum absolute atomic E-state index is 0.153. The Labute approximate surface area is 352 Å². The second kappa shape index (κ2) is 13.1. The summed E-state index contributed by atoms with van der Waals surface area (Å²) in [6.07, 6.45) is 0. The molecule has 0 atom stereocenters. The van der Waals surface area contributed by atoms with E-state index in [1.165, 1.54) is 107 Å². The topological polar surface area (TPSA) is 13.1 Å². The van der Waals surface area contributed by atoms with Gasteiger partial charge in [-0.05, 0) is 6.07 Å². The van der Waals surface area contributed by atoms with Gasteiger partial charge in [0, 0.05) is 0 Å². The molecule has 2 aromatic heterocycles. The fourth-order valence-electron chi connectivity index (χ4n) is 10.2. The van der Waals surface area contributed by atoms with Crippen LogP contribution in [0.15, 0.2) is 211 Å². The molecule has 0 saturated carbocycles. The second-order valence-electron chi connectivity index (χ2n) is 15.8. The van der Waals surface area contributed by atoms with Gasteiger partial charge in [-0.25, -0.2) is 0 Å². The van der Waals surface area contributed by atoms with Gasteiger partial charge in [-0.2, -0.15) is 0 Å². The molecular weight excluding hydrogens is 792 g/mol. The van der Waals surface area contributed by atoms with Crippen LogP contribution in [0.5, 0.6) is 0 Å². The van der Waals surface area contributed by atoms with Crippen molar-refractivity contribution in [2.24, 2.45) is 0 Å². The van der Waals surface area contributed by atoms with Crippen molar-refractivity contribution >= 4 is 98.8 Å². The van der Waals surface area contributed by atoms with Gasteiger partial charge in [-0.1, -0.05) is 12.1 Å². The Kier molecular flexibility index (Phi) is 7.39. The molecule has 60 heavy (non-hydrogen) atoms. The Morgan fingerprint density at radius 3 is 1.33 bits per heavy atom. The summed E-state index contributed by atoms with van der Waals surface area (Å²) >= 11 is 0.153. The molecule has 1 nitrogen and oxygen atoms in total. The summed E-state index contributed by atoms with van der Waals surface area (Å²) in [7, 11) is 0. The number of hydrogen-bond donors (Lipinski definition) is 0. The van der Waals surface area contributed by atoms with E-state index in [0.29, 0.717) is 0 Å². The first-order valence-corrected chi connectivity index (χ1v) is 22.3. The van der Waals surface area contributed by atoms with E-state index in [1.54, 1.807) is 0 Å². The zero-order chi connectivity index (χ0) is 39.3. The van der Waals surface area contributed by atoms with Crippen molar-refractivity contribution in [2.75, 3.05) is 0 Å². The summed E-state index contributed by atoms with van der Waals surface area (Å²) in [5.74, 6) is 0. The molecule has 0 bridgehead atoms. The van der Waals surface area contributed by atoms with Crippen LogP contribution in [0.4, 0.5) is 0 Å². The molecule has 0 saturated heterocycles. The predicted molar refractivity (Wildman–Crippen MR) is 257 cm³/mol. The fraction of sp³-hybridized carbons (Fsp3) is 0. The SMILES string of the molecule is c1ccc(-c2c3ccccc3c(-c3cccc4[se]c5cc(-c6c7ccccc7c(-c7ccc8oc9ccccc9c8c7)c7ccccc67)ccc5c34)c3ccccc23)cc1. The number of para-hydroxylation sites is 1. The molecule has 0 fully saturated rings. The molecule has 0 radical (unpaired) electrons. The summed E-state index contributed by atoms with van der Waals surface area (Å²) in [5, 5.41) is 15.2. The second-order valence-corrected chi connectivity index (χ2v) is 18.1. The third-order valence-corrected chi connectivity index (χ3v) is 15.0. The molecule has 278 valence electrons. The molecule has 0 unspecified atom stereocenters. The number of benzene rings is 11. The normalized spacial score (nSPS) is 12.0. The van der Waals surface area contributed by atoms with E-state index in [-0.39, 0.29) is 14.5 Å². The Bertz CT molecular complexity index is 3770. The molecule has 2 heterocycles. The molecule has 0 aliphatic carbocycles. The summed E-state index contributed by atoms with van der Waals surface area (Å²) < 4.78 is 9.13. The molecule has 2 heteroatoms. The third kappa shape index (κ3) is 4.93. The first-order valence-electron chi connectivity index (χ1n) is 20.6. The number of fused-ring (bicyclic) bond motifs is 10. The Morgan fingerprint density at radius 2 is 0.733 bits per heavy atom. The van der Waals surface area contributed by atoms with E-state index in [4.69, 9.17) is 4.42 Å². The monoisotopic (exact) mass is 826 g/mol. The van der Waals surface area contributed by atoms with Crippen LogP contribution in [0.3, 0.4) is 0 Å². The van der Waals surface area contributed by atoms with Gasteiger partial charge in [-0.3, -0.25) is 0 Å². The van der Waals surface area contributed by atoms with Crippen LogP contribution in [0.25, 0.3) is 129 Å². The molecule has 0 amide bonds. The Morgan fingerprint density at radius 1 is 0.267 bits per heavy atom. The summed E-state index contributed by atoms with van der Waals surface area (Å²) in [6.45, 7) is 0. The van der Waals surface area contributed by atoms with Crippen molar-refractivity contribution in [3.8, 4) is 44.5 Å². The molecule has 13 aromatic rings. The predicted octanol–water partition coefficient (Wildman–Crippen LogP) is 16.2. The maximum absolute atomic E-state index is 6.25. The van der Waals surface area contributed by atoms with Crippen molar-refractivity contribution in [2.45, 2.75) is 0 Å². The quantitative estimate of drug-likeness (QED) is 0.127. The van der Waals surface area contributed by atoms with Gasteiger partial charge in [0.15, 0.2) is 0 Å². The Hall–Kier alpha value is -7.22. The number of hydrogen-bond acceptors (Lipinski definition) is 1. The van der Waals surface area contributed by atoms with Gasteiger partial charge in [0.25, 0.3) is 0 Å². The average molecular weight is 826 g/mol. The van der Waals surface area contributed by atoms with Crippen molar-refractivity contribution in [3.05, 3.63) is 206 Å². The van der Waals surface area contributed by atoms with Crippen molar-refractivity contribution in [3.63, 3.8) is 0 Å². The van der Waals surface area contributed by atoms with Crippen molar-refractivity contribution in [1.29, 1.82) is 0 Å². The van der Waals surface area contributed by atoms with Crippen molar-refractivity contribution < 1.29 is 4.42 Å². The van der Waals surface area contributed by atoms with E-state index in [1.807, 2.05) is 6.07 Å². The van der Waals surface area contributed by atoms with Gasteiger partial charge < -0.3 is 0 Å². The summed E-state index contributed by atoms with van der Waals surface area (Å²) in [6, 6.07) is 76.2. The van der Waals surface area contributed by atoms with Gasteiger partial charge in [0.1, 0.15) is 0 Å². The molecule has 0 aliphatic heterocycles. The van der Waals surface area contributed by atoms with E-state index in [9.17, 15) is 0 Å². The number of rotatable bonds is 4. The molecule has 11 aromatic carbocycles. The van der Waals surface area contributed by atoms with E-state index < -0.39 is 0 Å². The van der Waals surface area contributed by atoms with Crippen LogP contribution in [0.2, 0.25) is 0 Å². The first kappa shape index (κ1) is 33.7. The van der Waals surface area contributed by atoms with Crippen LogP contribution in [0, 0.1) is 0 Å². The van der Waals surface area contributed by atoms with Crippen LogP contribution in [-0.4, -0.2) is 14.5 Å². The minimum atomic E-state index is 0.153. The molecule has 0 spiro atoms. The van der Waals surface area contributed by atoms with Crippen LogP contribution >= 0.6 is 0 Å². The zero-order valence-electron chi connectivity index (χ0n) is 32.4. The van der Waals surface area contributed by atoms with E-state index in [2.05, 4.69) is 200 Å². The maximum atomic E-state index is 6.25. The summed E-state index contributed by atoms with van der Waals surface area (Å²) in [4.78, 5) is 0. The molecule has 0 N–H and O–H groups in total. The summed E-state index contributed by atoms with van der Waals surface area (Å²) in [5.41, 5.74) is 12.0. The average Bonchev–Trinajstić information content (AvgIpc) is 3.88. The van der Waals surface area contributed by atoms with Gasteiger partial charge in [0.2, 0.25) is 0 Å². The van der Waals surface area contributed by atoms with Gasteiger partial charge >= 0.3 is 336 Å². The molecule has 13 rings (SSSR count). The van der Waals surface area contributed by atoms with Gasteiger partial charge in [0.05, 0.1) is 0 Å². The van der Waals surface area contributed by atoms with Crippen LogP contribution in [-0.2, 0) is 0 Å². The standard InChI is InChI=1S/C58H34OSe/c1-2-15-35(16-3-1)54-43-22-8-10-24-45(43)57(46-25-11-9-23-44(46)54)48-26-14-28-52-58(48)47-31-29-37(34-53(47)60-52)56-41-20-6-4-18-39(41)55(40-19-5-7-21-42(40)56)36-30-32-51-49(33-36)38-17-12-13-27-50(38)59-51/h1-34H. The van der Waals surface area contributed by atoms with Crippen LogP contribution < -0.4 is 0 Å². The van der Waals surface area contributed by atoms with E-state index >= 15 is 0 Å². The molecule has 0 aliphatic rings. The van der Waals surface area contributed by atoms with Crippen molar-refractivity contribution in [1.82, 2.24) is 0 Å².